The summed E-state index contributed by atoms with van der Waals surface area (Å²) in [5, 5.41) is 3.36. The van der Waals surface area contributed by atoms with Gasteiger partial charge < -0.3 is 19.5 Å². The van der Waals surface area contributed by atoms with Gasteiger partial charge in [0.25, 0.3) is 0 Å². The molecule has 0 aliphatic carbocycles. The second kappa shape index (κ2) is 8.32. The van der Waals surface area contributed by atoms with Crippen molar-refractivity contribution in [3.63, 3.8) is 0 Å². The number of rotatable bonds is 8. The summed E-state index contributed by atoms with van der Waals surface area (Å²) in [6, 6.07) is 15.6. The van der Waals surface area contributed by atoms with E-state index >= 15 is 0 Å². The Kier molecular flexibility index (Phi) is 6.15. The average Bonchev–Trinajstić information content (AvgIpc) is 2.54. The predicted molar refractivity (Wildman–Crippen MR) is 93.8 cm³/mol. The van der Waals surface area contributed by atoms with Crippen LogP contribution in [0.2, 0.25) is 0 Å². The normalized spacial score (nSPS) is 11.9. The van der Waals surface area contributed by atoms with Crippen LogP contribution < -0.4 is 19.5 Å². The van der Waals surface area contributed by atoms with Crippen LogP contribution in [0.15, 0.2) is 48.5 Å². The summed E-state index contributed by atoms with van der Waals surface area (Å²) < 4.78 is 16.6. The van der Waals surface area contributed by atoms with E-state index in [1.807, 2.05) is 69.3 Å². The van der Waals surface area contributed by atoms with Gasteiger partial charge >= 0.3 is 0 Å². The van der Waals surface area contributed by atoms with E-state index in [-0.39, 0.29) is 12.2 Å². The van der Waals surface area contributed by atoms with Gasteiger partial charge in [0.1, 0.15) is 23.4 Å². The van der Waals surface area contributed by atoms with Crippen molar-refractivity contribution >= 4 is 5.69 Å². The van der Waals surface area contributed by atoms with Gasteiger partial charge in [-0.2, -0.15) is 0 Å². The van der Waals surface area contributed by atoms with Gasteiger partial charge in [0, 0.05) is 5.69 Å². The van der Waals surface area contributed by atoms with E-state index in [1.165, 1.54) is 0 Å². The Bertz CT molecular complexity index is 579. The standard InChI is InChI=1S/C19H25NO3/c1-14(2)22-18-7-5-16(6-8-18)20-13-15(3)23-19-11-9-17(21-4)10-12-19/h5-12,14-15,20H,13H2,1-4H3. The van der Waals surface area contributed by atoms with Crippen molar-refractivity contribution in [2.24, 2.45) is 0 Å². The summed E-state index contributed by atoms with van der Waals surface area (Å²) in [4.78, 5) is 0. The minimum absolute atomic E-state index is 0.0509. The molecule has 0 amide bonds. The van der Waals surface area contributed by atoms with Crippen molar-refractivity contribution in [1.29, 1.82) is 0 Å². The van der Waals surface area contributed by atoms with E-state index in [9.17, 15) is 0 Å². The van der Waals surface area contributed by atoms with Gasteiger partial charge in [0.2, 0.25) is 0 Å². The highest BCUT2D eigenvalue weighted by molar-refractivity contribution is 5.46. The third-order valence-electron chi connectivity index (χ3n) is 3.22. The second-order valence-corrected chi connectivity index (χ2v) is 5.68. The monoisotopic (exact) mass is 315 g/mol. The summed E-state index contributed by atoms with van der Waals surface area (Å²) in [5.41, 5.74) is 1.05. The van der Waals surface area contributed by atoms with Crippen molar-refractivity contribution in [3.05, 3.63) is 48.5 Å². The zero-order valence-electron chi connectivity index (χ0n) is 14.2. The van der Waals surface area contributed by atoms with Gasteiger partial charge in [-0.1, -0.05) is 0 Å². The number of anilines is 1. The van der Waals surface area contributed by atoms with Crippen LogP contribution in [-0.4, -0.2) is 25.9 Å². The van der Waals surface area contributed by atoms with Crippen LogP contribution in [0.5, 0.6) is 17.2 Å². The van der Waals surface area contributed by atoms with Crippen LogP contribution in [-0.2, 0) is 0 Å². The molecular weight excluding hydrogens is 290 g/mol. The fraction of sp³-hybridized carbons (Fsp3) is 0.368. The lowest BCUT2D eigenvalue weighted by Gasteiger charge is -2.17. The molecule has 23 heavy (non-hydrogen) atoms. The molecule has 124 valence electrons. The largest absolute Gasteiger partial charge is 0.497 e. The zero-order valence-corrected chi connectivity index (χ0v) is 14.2. The van der Waals surface area contributed by atoms with Gasteiger partial charge in [0.15, 0.2) is 0 Å². The second-order valence-electron chi connectivity index (χ2n) is 5.68. The number of methoxy groups -OCH3 is 1. The molecule has 0 saturated carbocycles. The molecule has 1 atom stereocenters. The first-order valence-corrected chi connectivity index (χ1v) is 7.88. The molecule has 1 unspecified atom stereocenters. The molecule has 0 aliphatic rings. The van der Waals surface area contributed by atoms with E-state index < -0.39 is 0 Å². The Hall–Kier alpha value is -2.36. The zero-order chi connectivity index (χ0) is 16.7. The highest BCUT2D eigenvalue weighted by atomic mass is 16.5. The van der Waals surface area contributed by atoms with Crippen molar-refractivity contribution in [3.8, 4) is 17.2 Å². The molecule has 2 aromatic carbocycles. The summed E-state index contributed by atoms with van der Waals surface area (Å²) in [6.45, 7) is 6.79. The van der Waals surface area contributed by atoms with Crippen LogP contribution in [0.4, 0.5) is 5.69 Å². The molecule has 0 fully saturated rings. The number of ether oxygens (including phenoxy) is 3. The molecular formula is C19H25NO3. The summed E-state index contributed by atoms with van der Waals surface area (Å²) >= 11 is 0. The van der Waals surface area contributed by atoms with Crippen molar-refractivity contribution in [2.45, 2.75) is 33.0 Å². The predicted octanol–water partition coefficient (Wildman–Crippen LogP) is 4.36. The van der Waals surface area contributed by atoms with E-state index in [0.717, 1.165) is 29.5 Å². The number of hydrogen-bond acceptors (Lipinski definition) is 4. The van der Waals surface area contributed by atoms with Crippen LogP contribution in [0, 0.1) is 0 Å². The molecule has 0 heterocycles. The number of hydrogen-bond donors (Lipinski definition) is 1. The summed E-state index contributed by atoms with van der Waals surface area (Å²) in [7, 11) is 1.65. The van der Waals surface area contributed by atoms with E-state index in [2.05, 4.69) is 5.32 Å². The maximum Gasteiger partial charge on any atom is 0.120 e. The molecule has 0 aliphatic heterocycles. The molecule has 2 rings (SSSR count). The average molecular weight is 315 g/mol. The van der Waals surface area contributed by atoms with Crippen molar-refractivity contribution in [1.82, 2.24) is 0 Å². The quantitative estimate of drug-likeness (QED) is 0.785. The smallest absolute Gasteiger partial charge is 0.120 e. The van der Waals surface area contributed by atoms with E-state index in [4.69, 9.17) is 14.2 Å². The molecule has 0 aromatic heterocycles. The van der Waals surface area contributed by atoms with Gasteiger partial charge in [-0.05, 0) is 69.3 Å². The van der Waals surface area contributed by atoms with Crippen molar-refractivity contribution in [2.75, 3.05) is 19.0 Å². The molecule has 0 bridgehead atoms. The Labute approximate surface area is 138 Å². The van der Waals surface area contributed by atoms with E-state index in [0.29, 0.717) is 0 Å². The first-order valence-electron chi connectivity index (χ1n) is 7.88. The lowest BCUT2D eigenvalue weighted by Crippen LogP contribution is -2.22. The van der Waals surface area contributed by atoms with Crippen LogP contribution in [0.25, 0.3) is 0 Å². The number of nitrogens with one attached hydrogen (secondary N) is 1. The Morgan fingerprint density at radius 1 is 0.783 bits per heavy atom. The first-order chi connectivity index (χ1) is 11.1. The fourth-order valence-corrected chi connectivity index (χ4v) is 2.11. The van der Waals surface area contributed by atoms with Crippen LogP contribution in [0.1, 0.15) is 20.8 Å². The maximum atomic E-state index is 5.87. The lowest BCUT2D eigenvalue weighted by atomic mass is 10.3. The van der Waals surface area contributed by atoms with Crippen molar-refractivity contribution < 1.29 is 14.2 Å². The molecule has 0 spiro atoms. The molecule has 4 heteroatoms. The summed E-state index contributed by atoms with van der Waals surface area (Å²) in [6.07, 6.45) is 0.238. The topological polar surface area (TPSA) is 39.7 Å². The highest BCUT2D eigenvalue weighted by Crippen LogP contribution is 2.19. The van der Waals surface area contributed by atoms with Crippen LogP contribution in [0.3, 0.4) is 0 Å². The van der Waals surface area contributed by atoms with Gasteiger partial charge in [-0.3, -0.25) is 0 Å². The lowest BCUT2D eigenvalue weighted by molar-refractivity contribution is 0.234. The third-order valence-corrected chi connectivity index (χ3v) is 3.22. The third kappa shape index (κ3) is 5.74. The van der Waals surface area contributed by atoms with Gasteiger partial charge in [-0.25, -0.2) is 0 Å². The van der Waals surface area contributed by atoms with Crippen LogP contribution >= 0.6 is 0 Å². The minimum Gasteiger partial charge on any atom is -0.497 e. The molecule has 4 nitrogen and oxygen atoms in total. The molecule has 0 saturated heterocycles. The van der Waals surface area contributed by atoms with E-state index in [1.54, 1.807) is 7.11 Å². The first kappa shape index (κ1) is 17.0. The number of benzene rings is 2. The van der Waals surface area contributed by atoms with Gasteiger partial charge in [-0.15, -0.1) is 0 Å². The maximum absolute atomic E-state index is 5.87. The molecule has 0 radical (unpaired) electrons. The Balaban J connectivity index is 1.80. The fourth-order valence-electron chi connectivity index (χ4n) is 2.11. The SMILES string of the molecule is COc1ccc(OC(C)CNc2ccc(OC(C)C)cc2)cc1. The Morgan fingerprint density at radius 2 is 1.30 bits per heavy atom. The Morgan fingerprint density at radius 3 is 1.87 bits per heavy atom. The molecule has 1 N–H and O–H groups in total. The van der Waals surface area contributed by atoms with Gasteiger partial charge in [0.05, 0.1) is 19.8 Å². The molecule has 2 aromatic rings. The summed E-state index contributed by atoms with van der Waals surface area (Å²) in [5.74, 6) is 2.54. The highest BCUT2D eigenvalue weighted by Gasteiger charge is 2.05. The minimum atomic E-state index is 0.0509.